The van der Waals surface area contributed by atoms with Gasteiger partial charge in [-0.3, -0.25) is 0 Å². The van der Waals surface area contributed by atoms with E-state index in [0.29, 0.717) is 23.1 Å². The molecule has 2 unspecified atom stereocenters. The summed E-state index contributed by atoms with van der Waals surface area (Å²) in [7, 11) is 8.46. The third-order valence-electron chi connectivity index (χ3n) is 2.01. The second-order valence-electron chi connectivity index (χ2n) is 2.43. The molecular formula is P3Si7. The van der Waals surface area contributed by atoms with Crippen molar-refractivity contribution in [1.82, 2.24) is 0 Å². The summed E-state index contributed by atoms with van der Waals surface area (Å²) in [6.07, 6.45) is 0. The average molecular weight is 290 g/mol. The third kappa shape index (κ3) is 0.624. The van der Waals surface area contributed by atoms with Crippen LogP contribution in [-0.2, 0) is 0 Å². The molecule has 2 atom stereocenters. The quantitative estimate of drug-likeness (QED) is 0.432. The highest BCUT2D eigenvalue weighted by molar-refractivity contribution is 9.06. The Morgan fingerprint density at radius 2 is 1.50 bits per heavy atom. The monoisotopic (exact) mass is 289 g/mol. The second kappa shape index (κ2) is 2.24. The summed E-state index contributed by atoms with van der Waals surface area (Å²) < 4.78 is 0. The van der Waals surface area contributed by atoms with Crippen LogP contribution in [0.5, 0.6) is 0 Å². The molecule has 4 aliphatic heterocycles. The van der Waals surface area contributed by atoms with Crippen LogP contribution in [0.2, 0.25) is 0 Å². The van der Waals surface area contributed by atoms with Crippen molar-refractivity contribution in [3.63, 3.8) is 0 Å². The molecule has 0 nitrogen and oxygen atoms in total. The summed E-state index contributed by atoms with van der Waals surface area (Å²) in [4.78, 5) is 0. The molecule has 0 amide bonds. The van der Waals surface area contributed by atoms with Crippen molar-refractivity contribution in [2.45, 2.75) is 0 Å². The maximum absolute atomic E-state index is 1.65. The van der Waals surface area contributed by atoms with Gasteiger partial charge in [-0.1, -0.05) is 0 Å². The highest BCUT2D eigenvalue weighted by Crippen LogP contribution is 2.97. The molecule has 0 aromatic rings. The molecule has 0 bridgehead atoms. The van der Waals surface area contributed by atoms with Crippen molar-refractivity contribution in [3.05, 3.63) is 0 Å². The molecule has 0 N–H and O–H groups in total. The van der Waals surface area contributed by atoms with E-state index in [4.69, 9.17) is 0 Å². The molecule has 10 heteroatoms. The van der Waals surface area contributed by atoms with Gasteiger partial charge in [-0.2, -0.15) is 0 Å². The Morgan fingerprint density at radius 1 is 0.900 bits per heavy atom. The summed E-state index contributed by atoms with van der Waals surface area (Å²) in [5.74, 6) is 0. The lowest BCUT2D eigenvalue weighted by Gasteiger charge is -2.75. The normalized spacial score (nSPS) is 58.2. The minimum Gasteiger partial charge on any atom is -0.141 e. The van der Waals surface area contributed by atoms with Crippen LogP contribution in [0.1, 0.15) is 0 Å². The fourth-order valence-corrected chi connectivity index (χ4v) is 312. The van der Waals surface area contributed by atoms with E-state index in [1.807, 2.05) is 0 Å². The van der Waals surface area contributed by atoms with Gasteiger partial charge in [-0.15, -0.1) is 19.7 Å². The van der Waals surface area contributed by atoms with E-state index in [0.717, 1.165) is 19.7 Å². The highest BCUT2D eigenvalue weighted by Gasteiger charge is 2.73. The average Bonchev–Trinajstić information content (AvgIpc) is 1.82. The van der Waals surface area contributed by atoms with Gasteiger partial charge in [-0.25, -0.2) is 0 Å². The predicted octanol–water partition coefficient (Wildman–Crippen LogP) is -0.0820. The molecule has 43 valence electrons. The van der Waals surface area contributed by atoms with Crippen LogP contribution < -0.4 is 0 Å². The molecule has 4 heterocycles. The molecule has 11 radical (unpaired) electrons. The van der Waals surface area contributed by atoms with Gasteiger partial charge < -0.3 is 0 Å². The fourth-order valence-electron chi connectivity index (χ4n) is 1.43. The SMILES string of the molecule is [Si]1[Si]P2[Si]1P1[Si]3[Si][Si]P3[Si]21. The van der Waals surface area contributed by atoms with Crippen LogP contribution in [-0.4, -0.2) is 57.6 Å². The zero-order valence-electron chi connectivity index (χ0n) is 4.84. The van der Waals surface area contributed by atoms with Crippen molar-refractivity contribution in [3.8, 4) is 0 Å². The van der Waals surface area contributed by atoms with E-state index in [-0.39, 0.29) is 0 Å². The standard InChI is InChI=1S/P3Si7/c4-1-8-2-5-7-10(2)3(8)9(1)6-4. The first kappa shape index (κ1) is 7.15. The van der Waals surface area contributed by atoms with Crippen LogP contribution in [0, 0.1) is 0 Å². The summed E-state index contributed by atoms with van der Waals surface area (Å²) >= 11 is 0. The molecule has 4 fully saturated rings. The zero-order valence-corrected chi connectivity index (χ0v) is 14.5. The van der Waals surface area contributed by atoms with E-state index < -0.39 is 0 Å². The van der Waals surface area contributed by atoms with Crippen LogP contribution in [0.25, 0.3) is 0 Å². The lowest BCUT2D eigenvalue weighted by atomic mass is 26.1. The minimum absolute atomic E-state index is 0.628. The summed E-state index contributed by atoms with van der Waals surface area (Å²) in [6.45, 7) is 3.10. The Bertz CT molecular complexity index is 163. The first-order valence-electron chi connectivity index (χ1n) is 3.01. The number of rotatable bonds is 0. The lowest BCUT2D eigenvalue weighted by Crippen LogP contribution is -2.68. The Hall–Kier alpha value is 2.81. The van der Waals surface area contributed by atoms with E-state index in [1.54, 1.807) is 34.5 Å². The number of hydrogen-bond acceptors (Lipinski definition) is 0. The summed E-state index contributed by atoms with van der Waals surface area (Å²) in [5.41, 5.74) is 0. The van der Waals surface area contributed by atoms with E-state index in [2.05, 4.69) is 0 Å². The maximum Gasteiger partial charge on any atom is 0.115 e. The van der Waals surface area contributed by atoms with Crippen molar-refractivity contribution in [2.75, 3.05) is 0 Å². The maximum atomic E-state index is 1.65. The molecule has 0 aromatic heterocycles. The third-order valence-corrected chi connectivity index (χ3v) is 163. The van der Waals surface area contributed by atoms with Gasteiger partial charge in [0.2, 0.25) is 0 Å². The molecule has 0 spiro atoms. The smallest absolute Gasteiger partial charge is 0.115 e. The lowest BCUT2D eigenvalue weighted by molar-refractivity contribution is 3.43. The number of hydrogen-bond donors (Lipinski definition) is 0. The summed E-state index contributed by atoms with van der Waals surface area (Å²) in [5, 5.41) is 0. The van der Waals surface area contributed by atoms with Gasteiger partial charge in [0.15, 0.2) is 0 Å². The second-order valence-corrected chi connectivity index (χ2v) is 65.5. The molecular weight excluding hydrogens is 290 g/mol. The molecule has 4 aliphatic rings. The molecule has 4 saturated heterocycles. The first-order valence-corrected chi connectivity index (χ1v) is 27.1. The van der Waals surface area contributed by atoms with Crippen molar-refractivity contribution in [2.24, 2.45) is 0 Å². The van der Waals surface area contributed by atoms with Gasteiger partial charge in [0.25, 0.3) is 0 Å². The van der Waals surface area contributed by atoms with Gasteiger partial charge in [0, 0.05) is 34.5 Å². The molecule has 4 rings (SSSR count). The van der Waals surface area contributed by atoms with Crippen molar-refractivity contribution < 1.29 is 0 Å². The van der Waals surface area contributed by atoms with E-state index in [9.17, 15) is 0 Å². The van der Waals surface area contributed by atoms with E-state index in [1.165, 1.54) is 0 Å². The minimum atomic E-state index is 0.628. The van der Waals surface area contributed by atoms with E-state index >= 15 is 0 Å². The first-order chi connectivity index (χ1) is 4.97. The predicted molar refractivity (Wildman–Crippen MR) is 61.0 cm³/mol. The fraction of sp³-hybridized carbons (Fsp3) is 0. The molecule has 0 aromatic carbocycles. The van der Waals surface area contributed by atoms with Crippen LogP contribution >= 0.6 is 19.7 Å². The Balaban J connectivity index is 1.69. The Labute approximate surface area is 76.9 Å². The Morgan fingerprint density at radius 3 is 1.80 bits per heavy atom. The van der Waals surface area contributed by atoms with Gasteiger partial charge >= 0.3 is 0 Å². The van der Waals surface area contributed by atoms with Gasteiger partial charge in [0.1, 0.15) is 7.80 Å². The Kier molecular flexibility index (Phi) is 1.60. The summed E-state index contributed by atoms with van der Waals surface area (Å²) in [6, 6.07) is 0. The van der Waals surface area contributed by atoms with Crippen molar-refractivity contribution >= 4 is 77.3 Å². The molecule has 0 aliphatic carbocycles. The zero-order chi connectivity index (χ0) is 6.29. The topological polar surface area (TPSA) is 0 Å². The molecule has 10 heavy (non-hydrogen) atoms. The number of fused-ring (bicyclic) bond motifs is 7. The van der Waals surface area contributed by atoms with Crippen LogP contribution in [0.3, 0.4) is 0 Å². The van der Waals surface area contributed by atoms with Gasteiger partial charge in [0.05, 0.1) is 15.3 Å². The largest absolute Gasteiger partial charge is 0.141 e. The molecule has 0 saturated carbocycles. The highest BCUT2D eigenvalue weighted by atomic mass is 32.5. The van der Waals surface area contributed by atoms with Crippen molar-refractivity contribution in [1.29, 1.82) is 0 Å². The van der Waals surface area contributed by atoms with Crippen LogP contribution in [0.15, 0.2) is 0 Å². The van der Waals surface area contributed by atoms with Gasteiger partial charge in [-0.05, 0) is 0 Å². The van der Waals surface area contributed by atoms with Crippen LogP contribution in [0.4, 0.5) is 0 Å².